The molecule has 7 nitrogen and oxygen atoms in total. The van der Waals surface area contributed by atoms with Crippen molar-refractivity contribution in [2.24, 2.45) is 7.05 Å². The van der Waals surface area contributed by atoms with E-state index in [1.165, 1.54) is 10.9 Å². The number of carbonyl (C=O) groups is 2. The second-order valence-corrected chi connectivity index (χ2v) is 4.73. The van der Waals surface area contributed by atoms with E-state index < -0.39 is 18.0 Å². The van der Waals surface area contributed by atoms with Crippen LogP contribution in [0.25, 0.3) is 0 Å². The van der Waals surface area contributed by atoms with Crippen LogP contribution >= 0.6 is 0 Å². The lowest BCUT2D eigenvalue weighted by Crippen LogP contribution is -2.45. The molecule has 2 atom stereocenters. The Balaban J connectivity index is 2.66. The Morgan fingerprint density at radius 1 is 1.40 bits per heavy atom. The third kappa shape index (κ3) is 4.56. The van der Waals surface area contributed by atoms with Gasteiger partial charge in [0.15, 0.2) is 6.04 Å². The molecule has 0 aliphatic rings. The summed E-state index contributed by atoms with van der Waals surface area (Å²) in [6, 6.07) is -1.51. The number of aromatic nitrogens is 2. The van der Waals surface area contributed by atoms with Gasteiger partial charge in [-0.3, -0.25) is 4.68 Å². The number of rotatable bonds is 7. The van der Waals surface area contributed by atoms with Crippen molar-refractivity contribution in [3.8, 4) is 0 Å². The molecule has 1 aromatic rings. The van der Waals surface area contributed by atoms with Crippen LogP contribution in [0.5, 0.6) is 0 Å². The zero-order valence-electron chi connectivity index (χ0n) is 12.1. The minimum Gasteiger partial charge on any atom is -0.479 e. The highest BCUT2D eigenvalue weighted by Gasteiger charge is 2.24. The van der Waals surface area contributed by atoms with Gasteiger partial charge in [-0.15, -0.1) is 0 Å². The fraction of sp³-hybridized carbons (Fsp3) is 0.615. The Hall–Kier alpha value is -2.05. The second-order valence-electron chi connectivity index (χ2n) is 4.73. The van der Waals surface area contributed by atoms with E-state index in [2.05, 4.69) is 15.7 Å². The molecule has 0 spiro atoms. The fourth-order valence-corrected chi connectivity index (χ4v) is 1.96. The van der Waals surface area contributed by atoms with Gasteiger partial charge in [0, 0.05) is 24.8 Å². The van der Waals surface area contributed by atoms with E-state index in [0.717, 1.165) is 19.3 Å². The first kappa shape index (κ1) is 16.0. The summed E-state index contributed by atoms with van der Waals surface area (Å²) >= 11 is 0. The van der Waals surface area contributed by atoms with E-state index in [1.807, 2.05) is 13.8 Å². The molecule has 0 aromatic carbocycles. The van der Waals surface area contributed by atoms with Gasteiger partial charge in [0.05, 0.1) is 6.20 Å². The summed E-state index contributed by atoms with van der Waals surface area (Å²) < 4.78 is 1.50. The van der Waals surface area contributed by atoms with Gasteiger partial charge >= 0.3 is 12.0 Å². The largest absolute Gasteiger partial charge is 0.479 e. The maximum Gasteiger partial charge on any atom is 0.331 e. The molecule has 0 radical (unpaired) electrons. The van der Waals surface area contributed by atoms with E-state index in [9.17, 15) is 14.7 Å². The summed E-state index contributed by atoms with van der Waals surface area (Å²) in [7, 11) is 1.69. The lowest BCUT2D eigenvalue weighted by Gasteiger charge is -2.19. The van der Waals surface area contributed by atoms with Crippen molar-refractivity contribution in [2.45, 2.75) is 45.2 Å². The number of hydrogen-bond acceptors (Lipinski definition) is 3. The average molecular weight is 282 g/mol. The Morgan fingerprint density at radius 3 is 2.55 bits per heavy atom. The Kier molecular flexibility index (Phi) is 6.02. The molecule has 3 N–H and O–H groups in total. The van der Waals surface area contributed by atoms with Crippen LogP contribution < -0.4 is 10.6 Å². The van der Waals surface area contributed by atoms with Crippen LogP contribution in [0.2, 0.25) is 0 Å². The van der Waals surface area contributed by atoms with Crippen molar-refractivity contribution in [2.75, 3.05) is 0 Å². The number of amides is 2. The van der Waals surface area contributed by atoms with Crippen LogP contribution in [-0.2, 0) is 11.8 Å². The minimum atomic E-state index is -1.11. The van der Waals surface area contributed by atoms with Gasteiger partial charge in [-0.05, 0) is 12.8 Å². The molecule has 1 heterocycles. The third-order valence-electron chi connectivity index (χ3n) is 3.05. The predicted octanol–water partition coefficient (Wildman–Crippen LogP) is 1.42. The first-order valence-corrected chi connectivity index (χ1v) is 6.76. The van der Waals surface area contributed by atoms with Gasteiger partial charge in [-0.2, -0.15) is 5.10 Å². The molecule has 112 valence electrons. The Labute approximate surface area is 118 Å². The molecule has 0 aliphatic heterocycles. The maximum absolute atomic E-state index is 11.9. The van der Waals surface area contributed by atoms with Gasteiger partial charge < -0.3 is 15.7 Å². The highest BCUT2D eigenvalue weighted by molar-refractivity contribution is 5.83. The standard InChI is InChI=1S/C13H22N4O3/c1-4-6-10(5-2)15-13(20)16-11(12(18)19)9-7-14-17(3)8-9/h7-8,10-11H,4-6H2,1-3H3,(H,18,19)(H2,15,16,20). The van der Waals surface area contributed by atoms with Crippen LogP contribution in [0.1, 0.15) is 44.7 Å². The highest BCUT2D eigenvalue weighted by Crippen LogP contribution is 2.12. The quantitative estimate of drug-likeness (QED) is 0.704. The van der Waals surface area contributed by atoms with E-state index in [1.54, 1.807) is 13.2 Å². The molecular formula is C13H22N4O3. The summed E-state index contributed by atoms with van der Waals surface area (Å²) in [5.41, 5.74) is 0.443. The number of nitrogens with zero attached hydrogens (tertiary/aromatic N) is 2. The van der Waals surface area contributed by atoms with Crippen LogP contribution in [0.3, 0.4) is 0 Å². The van der Waals surface area contributed by atoms with Crippen LogP contribution in [0.4, 0.5) is 4.79 Å². The van der Waals surface area contributed by atoms with Crippen molar-refractivity contribution in [3.63, 3.8) is 0 Å². The molecular weight excluding hydrogens is 260 g/mol. The van der Waals surface area contributed by atoms with Gasteiger partial charge in [0.1, 0.15) is 0 Å². The molecule has 0 aliphatic carbocycles. The molecule has 20 heavy (non-hydrogen) atoms. The molecule has 0 saturated carbocycles. The SMILES string of the molecule is CCCC(CC)NC(=O)NC(C(=O)O)c1cnn(C)c1. The number of aliphatic carboxylic acids is 1. The minimum absolute atomic E-state index is 0.0587. The normalized spacial score (nSPS) is 13.6. The van der Waals surface area contributed by atoms with Crippen LogP contribution in [-0.4, -0.2) is 32.9 Å². The number of hydrogen-bond donors (Lipinski definition) is 3. The number of carbonyl (C=O) groups excluding carboxylic acids is 1. The number of urea groups is 1. The van der Waals surface area contributed by atoms with E-state index in [0.29, 0.717) is 5.56 Å². The Morgan fingerprint density at radius 2 is 2.10 bits per heavy atom. The summed E-state index contributed by atoms with van der Waals surface area (Å²) in [5, 5.41) is 18.4. The molecule has 2 amide bonds. The third-order valence-corrected chi connectivity index (χ3v) is 3.05. The number of carboxylic acid groups (broad SMARTS) is 1. The zero-order chi connectivity index (χ0) is 15.1. The van der Waals surface area contributed by atoms with Crippen molar-refractivity contribution in [1.82, 2.24) is 20.4 Å². The van der Waals surface area contributed by atoms with Gasteiger partial charge in [-0.25, -0.2) is 9.59 Å². The molecule has 0 bridgehead atoms. The van der Waals surface area contributed by atoms with Crippen LogP contribution in [0.15, 0.2) is 12.4 Å². The van der Waals surface area contributed by atoms with E-state index >= 15 is 0 Å². The van der Waals surface area contributed by atoms with Gasteiger partial charge in [0.2, 0.25) is 0 Å². The van der Waals surface area contributed by atoms with E-state index in [-0.39, 0.29) is 6.04 Å². The summed E-state index contributed by atoms with van der Waals surface area (Å²) in [5.74, 6) is -1.11. The number of nitrogens with one attached hydrogen (secondary N) is 2. The van der Waals surface area contributed by atoms with E-state index in [4.69, 9.17) is 0 Å². The zero-order valence-corrected chi connectivity index (χ0v) is 12.1. The topological polar surface area (TPSA) is 96.2 Å². The van der Waals surface area contributed by atoms with Crippen molar-refractivity contribution in [3.05, 3.63) is 18.0 Å². The first-order chi connectivity index (χ1) is 9.47. The van der Waals surface area contributed by atoms with Crippen LogP contribution in [0, 0.1) is 0 Å². The first-order valence-electron chi connectivity index (χ1n) is 6.76. The monoisotopic (exact) mass is 282 g/mol. The Bertz CT molecular complexity index is 458. The van der Waals surface area contributed by atoms with Crippen molar-refractivity contribution < 1.29 is 14.7 Å². The second kappa shape index (κ2) is 7.52. The van der Waals surface area contributed by atoms with Crippen molar-refractivity contribution >= 4 is 12.0 Å². The lowest BCUT2D eigenvalue weighted by molar-refractivity contribution is -0.139. The highest BCUT2D eigenvalue weighted by atomic mass is 16.4. The average Bonchev–Trinajstić information content (AvgIpc) is 2.81. The maximum atomic E-state index is 11.9. The summed E-state index contributed by atoms with van der Waals surface area (Å²) in [6.07, 6.45) is 5.65. The number of carboxylic acids is 1. The number of aryl methyl sites for hydroxylation is 1. The van der Waals surface area contributed by atoms with Gasteiger partial charge in [0.25, 0.3) is 0 Å². The van der Waals surface area contributed by atoms with Gasteiger partial charge in [-0.1, -0.05) is 20.3 Å². The molecule has 7 heteroatoms. The molecule has 2 unspecified atom stereocenters. The molecule has 0 saturated heterocycles. The summed E-state index contributed by atoms with van der Waals surface area (Å²) in [6.45, 7) is 4.02. The van der Waals surface area contributed by atoms with Crippen molar-refractivity contribution in [1.29, 1.82) is 0 Å². The molecule has 1 aromatic heterocycles. The molecule has 0 fully saturated rings. The predicted molar refractivity (Wildman–Crippen MR) is 74.2 cm³/mol. The fourth-order valence-electron chi connectivity index (χ4n) is 1.96. The lowest BCUT2D eigenvalue weighted by atomic mass is 10.1. The summed E-state index contributed by atoms with van der Waals surface area (Å²) in [4.78, 5) is 23.1. The molecule has 1 rings (SSSR count). The smallest absolute Gasteiger partial charge is 0.331 e.